The Morgan fingerprint density at radius 1 is 1.28 bits per heavy atom. The summed E-state index contributed by atoms with van der Waals surface area (Å²) in [6.07, 6.45) is 2.88. The Balaban J connectivity index is 2.51. The van der Waals surface area contributed by atoms with Crippen LogP contribution in [0.25, 0.3) is 0 Å². The van der Waals surface area contributed by atoms with Crippen LogP contribution in [-0.4, -0.2) is 68.8 Å². The van der Waals surface area contributed by atoms with E-state index in [0.717, 1.165) is 52.1 Å². The number of amides is 2. The summed E-state index contributed by atoms with van der Waals surface area (Å²) in [6, 6.07) is 0.404. The highest BCUT2D eigenvalue weighted by atomic mass is 16.5. The van der Waals surface area contributed by atoms with Gasteiger partial charge in [0.2, 0.25) is 0 Å². The minimum Gasteiger partial charge on any atom is -0.381 e. The van der Waals surface area contributed by atoms with Gasteiger partial charge in [0.25, 0.3) is 0 Å². The Labute approximate surface area is 110 Å². The second-order valence-electron chi connectivity index (χ2n) is 5.07. The van der Waals surface area contributed by atoms with Crippen LogP contribution >= 0.6 is 0 Å². The van der Waals surface area contributed by atoms with Crippen molar-refractivity contribution in [2.75, 3.05) is 46.9 Å². The van der Waals surface area contributed by atoms with Crippen molar-refractivity contribution in [2.24, 2.45) is 0 Å². The van der Waals surface area contributed by atoms with Gasteiger partial charge in [0.1, 0.15) is 0 Å². The Hall–Kier alpha value is -0.810. The van der Waals surface area contributed by atoms with E-state index in [1.165, 1.54) is 0 Å². The summed E-state index contributed by atoms with van der Waals surface area (Å²) in [5.74, 6) is 0. The third-order valence-electron chi connectivity index (χ3n) is 3.21. The third kappa shape index (κ3) is 5.23. The van der Waals surface area contributed by atoms with E-state index < -0.39 is 0 Å². The number of urea groups is 1. The number of carbonyl (C=O) groups excluding carboxylic acids is 1. The Bertz CT molecular complexity index is 240. The molecule has 0 radical (unpaired) electrons. The van der Waals surface area contributed by atoms with E-state index in [2.05, 4.69) is 17.1 Å². The summed E-state index contributed by atoms with van der Waals surface area (Å²) in [5.41, 5.74) is 0. The molecule has 0 atom stereocenters. The molecule has 0 bridgehead atoms. The van der Waals surface area contributed by atoms with E-state index in [9.17, 15) is 4.79 Å². The summed E-state index contributed by atoms with van der Waals surface area (Å²) in [6.45, 7) is 6.04. The topological polar surface area (TPSA) is 44.8 Å². The van der Waals surface area contributed by atoms with Gasteiger partial charge in [0, 0.05) is 38.9 Å². The zero-order valence-electron chi connectivity index (χ0n) is 11.9. The molecule has 18 heavy (non-hydrogen) atoms. The summed E-state index contributed by atoms with van der Waals surface area (Å²) in [7, 11) is 4.07. The van der Waals surface area contributed by atoms with E-state index in [-0.39, 0.29) is 6.03 Å². The molecule has 106 valence electrons. The van der Waals surface area contributed by atoms with Crippen LogP contribution in [-0.2, 0) is 4.74 Å². The minimum absolute atomic E-state index is 0.0746. The Morgan fingerprint density at radius 3 is 2.50 bits per heavy atom. The number of nitrogens with one attached hydrogen (secondary N) is 1. The van der Waals surface area contributed by atoms with E-state index in [0.29, 0.717) is 6.04 Å². The molecule has 0 aromatic heterocycles. The van der Waals surface area contributed by atoms with Crippen LogP contribution in [0.2, 0.25) is 0 Å². The molecule has 1 fully saturated rings. The van der Waals surface area contributed by atoms with Crippen molar-refractivity contribution in [1.82, 2.24) is 15.1 Å². The highest BCUT2D eigenvalue weighted by molar-refractivity contribution is 5.74. The van der Waals surface area contributed by atoms with E-state index in [4.69, 9.17) is 4.74 Å². The zero-order chi connectivity index (χ0) is 13.4. The average molecular weight is 257 g/mol. The predicted octanol–water partition coefficient (Wildman–Crippen LogP) is 1.15. The fraction of sp³-hybridized carbons (Fsp3) is 0.923. The molecule has 5 heteroatoms. The van der Waals surface area contributed by atoms with Gasteiger partial charge in [-0.25, -0.2) is 4.79 Å². The Kier molecular flexibility index (Phi) is 7.05. The molecule has 1 aliphatic rings. The SMILES string of the molecule is CCCNC(=O)N(CCN(C)C)C1CCOCC1. The average Bonchev–Trinajstić information content (AvgIpc) is 2.37. The smallest absolute Gasteiger partial charge is 0.317 e. The van der Waals surface area contributed by atoms with Crippen molar-refractivity contribution in [3.05, 3.63) is 0 Å². The summed E-state index contributed by atoms with van der Waals surface area (Å²) >= 11 is 0. The molecule has 1 heterocycles. The van der Waals surface area contributed by atoms with Crippen LogP contribution < -0.4 is 5.32 Å². The van der Waals surface area contributed by atoms with Crippen LogP contribution in [0, 0.1) is 0 Å². The quantitative estimate of drug-likeness (QED) is 0.776. The molecule has 5 nitrogen and oxygen atoms in total. The molecule has 1 rings (SSSR count). The summed E-state index contributed by atoms with van der Waals surface area (Å²) in [5, 5.41) is 2.98. The first-order valence-corrected chi connectivity index (χ1v) is 6.92. The molecule has 0 spiro atoms. The van der Waals surface area contributed by atoms with Crippen molar-refractivity contribution in [3.8, 4) is 0 Å². The second-order valence-corrected chi connectivity index (χ2v) is 5.07. The lowest BCUT2D eigenvalue weighted by Gasteiger charge is -2.35. The van der Waals surface area contributed by atoms with Crippen molar-refractivity contribution in [2.45, 2.75) is 32.2 Å². The van der Waals surface area contributed by atoms with Gasteiger partial charge >= 0.3 is 6.03 Å². The van der Waals surface area contributed by atoms with Gasteiger partial charge in [0.05, 0.1) is 0 Å². The van der Waals surface area contributed by atoms with Crippen LogP contribution in [0.5, 0.6) is 0 Å². The zero-order valence-corrected chi connectivity index (χ0v) is 11.9. The van der Waals surface area contributed by atoms with E-state index in [1.807, 2.05) is 19.0 Å². The molecule has 0 unspecified atom stereocenters. The van der Waals surface area contributed by atoms with Crippen molar-refractivity contribution >= 4 is 6.03 Å². The summed E-state index contributed by atoms with van der Waals surface area (Å²) in [4.78, 5) is 16.3. The largest absolute Gasteiger partial charge is 0.381 e. The van der Waals surface area contributed by atoms with Gasteiger partial charge in [-0.3, -0.25) is 0 Å². The van der Waals surface area contributed by atoms with Crippen molar-refractivity contribution in [3.63, 3.8) is 0 Å². The lowest BCUT2D eigenvalue weighted by Crippen LogP contribution is -2.50. The van der Waals surface area contributed by atoms with Crippen molar-refractivity contribution in [1.29, 1.82) is 0 Å². The maximum atomic E-state index is 12.2. The van der Waals surface area contributed by atoms with Crippen LogP contribution in [0.15, 0.2) is 0 Å². The number of likely N-dealkylation sites (N-methyl/N-ethyl adjacent to an activating group) is 1. The molecule has 1 N–H and O–H groups in total. The van der Waals surface area contributed by atoms with Crippen LogP contribution in [0.1, 0.15) is 26.2 Å². The molecule has 0 aromatic rings. The molecule has 0 aliphatic carbocycles. The maximum Gasteiger partial charge on any atom is 0.317 e. The molecular formula is C13H27N3O2. The fourth-order valence-electron chi connectivity index (χ4n) is 2.09. The first-order chi connectivity index (χ1) is 8.65. The van der Waals surface area contributed by atoms with Crippen molar-refractivity contribution < 1.29 is 9.53 Å². The number of rotatable bonds is 6. The first kappa shape index (κ1) is 15.2. The van der Waals surface area contributed by atoms with Crippen LogP contribution in [0.3, 0.4) is 0 Å². The number of carbonyl (C=O) groups is 1. The van der Waals surface area contributed by atoms with Gasteiger partial charge in [-0.15, -0.1) is 0 Å². The number of hydrogen-bond donors (Lipinski definition) is 1. The van der Waals surface area contributed by atoms with E-state index >= 15 is 0 Å². The molecule has 1 aliphatic heterocycles. The van der Waals surface area contributed by atoms with Gasteiger partial charge in [-0.2, -0.15) is 0 Å². The molecule has 2 amide bonds. The lowest BCUT2D eigenvalue weighted by atomic mass is 10.1. The van der Waals surface area contributed by atoms with Gasteiger partial charge in [-0.1, -0.05) is 6.92 Å². The normalized spacial score (nSPS) is 16.9. The highest BCUT2D eigenvalue weighted by Gasteiger charge is 2.25. The maximum absolute atomic E-state index is 12.2. The van der Waals surface area contributed by atoms with Gasteiger partial charge in [-0.05, 0) is 33.4 Å². The standard InChI is InChI=1S/C13H27N3O2/c1-4-7-14-13(17)16(9-8-15(2)3)12-5-10-18-11-6-12/h12H,4-11H2,1-3H3,(H,14,17). The highest BCUT2D eigenvalue weighted by Crippen LogP contribution is 2.14. The monoisotopic (exact) mass is 257 g/mol. The summed E-state index contributed by atoms with van der Waals surface area (Å²) < 4.78 is 5.37. The van der Waals surface area contributed by atoms with Crippen LogP contribution in [0.4, 0.5) is 4.79 Å². The molecular weight excluding hydrogens is 230 g/mol. The number of nitrogens with zero attached hydrogens (tertiary/aromatic N) is 2. The first-order valence-electron chi connectivity index (χ1n) is 6.92. The minimum atomic E-state index is 0.0746. The lowest BCUT2D eigenvalue weighted by molar-refractivity contribution is 0.0444. The third-order valence-corrected chi connectivity index (χ3v) is 3.21. The number of ether oxygens (including phenoxy) is 1. The fourth-order valence-corrected chi connectivity index (χ4v) is 2.09. The van der Waals surface area contributed by atoms with E-state index in [1.54, 1.807) is 0 Å². The van der Waals surface area contributed by atoms with Gasteiger partial charge < -0.3 is 19.9 Å². The number of hydrogen-bond acceptors (Lipinski definition) is 3. The van der Waals surface area contributed by atoms with Gasteiger partial charge in [0.15, 0.2) is 0 Å². The molecule has 0 aromatic carbocycles. The second kappa shape index (κ2) is 8.32. The molecule has 0 saturated carbocycles. The Morgan fingerprint density at radius 2 is 1.94 bits per heavy atom. The predicted molar refractivity (Wildman–Crippen MR) is 72.8 cm³/mol. The molecule has 1 saturated heterocycles.